The van der Waals surface area contributed by atoms with Crippen LogP contribution in [0.15, 0.2) is 30.5 Å². The Hall–Kier alpha value is -2.07. The standard InChI is InChI=1S/C19H29N3O5Si/c1-4-25-28(26-5-2,27-6-3)13-7-12-22-14-18(20-21-22)16-24-19-10-8-17(15-23)9-11-19/h8-11,14-15H,4-7,12-13,16H2,1-3H3. The topological polar surface area (TPSA) is 84.7 Å². The third-order valence-corrected chi connectivity index (χ3v) is 7.10. The highest BCUT2D eigenvalue weighted by atomic mass is 28.4. The Labute approximate surface area is 167 Å². The van der Waals surface area contributed by atoms with E-state index in [9.17, 15) is 4.79 Å². The lowest BCUT2D eigenvalue weighted by Crippen LogP contribution is -2.46. The number of carbonyl (C=O) groups is 1. The van der Waals surface area contributed by atoms with Gasteiger partial charge in [-0.2, -0.15) is 0 Å². The Kier molecular flexibility index (Phi) is 9.28. The summed E-state index contributed by atoms with van der Waals surface area (Å²) in [6.07, 6.45) is 3.49. The van der Waals surface area contributed by atoms with Crippen LogP contribution in [0, 0.1) is 0 Å². The van der Waals surface area contributed by atoms with Gasteiger partial charge in [-0.25, -0.2) is 0 Å². The number of nitrogens with zero attached hydrogens (tertiary/aromatic N) is 3. The second-order valence-electron chi connectivity index (χ2n) is 6.03. The summed E-state index contributed by atoms with van der Waals surface area (Å²) in [5, 5.41) is 8.29. The smallest absolute Gasteiger partial charge is 0.487 e. The molecule has 0 spiro atoms. The molecule has 0 N–H and O–H groups in total. The molecule has 8 nitrogen and oxygen atoms in total. The van der Waals surface area contributed by atoms with Gasteiger partial charge in [-0.05, 0) is 51.5 Å². The minimum absolute atomic E-state index is 0.315. The Morgan fingerprint density at radius 2 is 1.68 bits per heavy atom. The van der Waals surface area contributed by atoms with Crippen molar-refractivity contribution in [2.24, 2.45) is 0 Å². The molecule has 28 heavy (non-hydrogen) atoms. The van der Waals surface area contributed by atoms with Gasteiger partial charge in [0, 0.05) is 38.0 Å². The molecule has 0 bridgehead atoms. The fourth-order valence-corrected chi connectivity index (χ4v) is 5.37. The summed E-state index contributed by atoms with van der Waals surface area (Å²) in [4.78, 5) is 10.7. The van der Waals surface area contributed by atoms with Gasteiger partial charge in [-0.15, -0.1) is 5.10 Å². The quantitative estimate of drug-likeness (QED) is 0.351. The Balaban J connectivity index is 1.83. The molecule has 0 aliphatic heterocycles. The van der Waals surface area contributed by atoms with E-state index in [0.29, 0.717) is 44.3 Å². The van der Waals surface area contributed by atoms with Gasteiger partial charge < -0.3 is 18.0 Å². The van der Waals surface area contributed by atoms with Crippen molar-refractivity contribution in [3.8, 4) is 5.75 Å². The molecule has 154 valence electrons. The number of aldehydes is 1. The maximum atomic E-state index is 10.7. The first-order valence-electron chi connectivity index (χ1n) is 9.63. The second kappa shape index (κ2) is 11.7. The van der Waals surface area contributed by atoms with Crippen molar-refractivity contribution in [2.45, 2.75) is 46.4 Å². The molecule has 0 unspecified atom stereocenters. The average Bonchev–Trinajstić information content (AvgIpc) is 3.15. The minimum Gasteiger partial charge on any atom is -0.487 e. The zero-order chi connectivity index (χ0) is 20.2. The molecule has 0 aliphatic carbocycles. The van der Waals surface area contributed by atoms with E-state index in [-0.39, 0.29) is 0 Å². The van der Waals surface area contributed by atoms with Crippen molar-refractivity contribution in [1.82, 2.24) is 15.0 Å². The summed E-state index contributed by atoms with van der Waals surface area (Å²) in [6, 6.07) is 7.67. The fraction of sp³-hybridized carbons (Fsp3) is 0.526. The molecule has 1 heterocycles. The third-order valence-electron chi connectivity index (χ3n) is 3.95. The molecule has 1 aromatic carbocycles. The largest absolute Gasteiger partial charge is 0.500 e. The molecular weight excluding hydrogens is 378 g/mol. The predicted molar refractivity (Wildman–Crippen MR) is 106 cm³/mol. The maximum absolute atomic E-state index is 10.7. The zero-order valence-electron chi connectivity index (χ0n) is 16.8. The van der Waals surface area contributed by atoms with E-state index in [1.54, 1.807) is 28.9 Å². The van der Waals surface area contributed by atoms with Crippen LogP contribution < -0.4 is 4.74 Å². The van der Waals surface area contributed by atoms with Crippen LogP contribution in [0.3, 0.4) is 0 Å². The molecule has 0 atom stereocenters. The van der Waals surface area contributed by atoms with E-state index < -0.39 is 8.80 Å². The highest BCUT2D eigenvalue weighted by molar-refractivity contribution is 6.60. The van der Waals surface area contributed by atoms with E-state index >= 15 is 0 Å². The first-order valence-corrected chi connectivity index (χ1v) is 11.6. The molecule has 0 aliphatic rings. The normalized spacial score (nSPS) is 11.5. The number of ether oxygens (including phenoxy) is 1. The van der Waals surface area contributed by atoms with Crippen LogP contribution in [0.25, 0.3) is 0 Å². The molecule has 0 radical (unpaired) electrons. The van der Waals surface area contributed by atoms with Gasteiger partial charge in [-0.1, -0.05) is 5.21 Å². The van der Waals surface area contributed by atoms with Crippen LogP contribution in [-0.4, -0.2) is 49.9 Å². The SMILES string of the molecule is CCO[Si](CCCn1cc(COc2ccc(C=O)cc2)nn1)(OCC)OCC. The average molecular weight is 408 g/mol. The van der Waals surface area contributed by atoms with Crippen LogP contribution in [0.4, 0.5) is 0 Å². The van der Waals surface area contributed by atoms with Gasteiger partial charge in [0.25, 0.3) is 0 Å². The van der Waals surface area contributed by atoms with Crippen LogP contribution in [0.5, 0.6) is 5.75 Å². The molecule has 2 aromatic rings. The second-order valence-corrected chi connectivity index (χ2v) is 8.77. The molecule has 2 rings (SSSR count). The first-order chi connectivity index (χ1) is 13.6. The molecule has 0 fully saturated rings. The molecule has 0 saturated heterocycles. The van der Waals surface area contributed by atoms with Crippen molar-refractivity contribution < 1.29 is 22.8 Å². The summed E-state index contributed by atoms with van der Waals surface area (Å²) < 4.78 is 25.1. The summed E-state index contributed by atoms with van der Waals surface area (Å²) in [5.74, 6) is 0.682. The van der Waals surface area contributed by atoms with Crippen molar-refractivity contribution >= 4 is 15.1 Å². The zero-order valence-corrected chi connectivity index (χ0v) is 17.8. The molecule has 9 heteroatoms. The lowest BCUT2D eigenvalue weighted by Gasteiger charge is -2.28. The summed E-state index contributed by atoms with van der Waals surface area (Å²) in [5.41, 5.74) is 1.35. The number of aromatic nitrogens is 3. The van der Waals surface area contributed by atoms with Crippen molar-refractivity contribution in [3.05, 3.63) is 41.7 Å². The number of benzene rings is 1. The summed E-state index contributed by atoms with van der Waals surface area (Å²) in [7, 11) is -2.62. The monoisotopic (exact) mass is 407 g/mol. The molecule has 0 amide bonds. The minimum atomic E-state index is -2.62. The maximum Gasteiger partial charge on any atom is 0.500 e. The predicted octanol–water partition coefficient (Wildman–Crippen LogP) is 3.11. The Morgan fingerprint density at radius 1 is 1.04 bits per heavy atom. The van der Waals surface area contributed by atoms with Gasteiger partial charge in [-0.3, -0.25) is 9.48 Å². The van der Waals surface area contributed by atoms with Crippen molar-refractivity contribution in [3.63, 3.8) is 0 Å². The highest BCUT2D eigenvalue weighted by Crippen LogP contribution is 2.19. The lowest BCUT2D eigenvalue weighted by atomic mass is 10.2. The number of aryl methyl sites for hydroxylation is 1. The van der Waals surface area contributed by atoms with Crippen LogP contribution in [0.2, 0.25) is 6.04 Å². The van der Waals surface area contributed by atoms with E-state index in [2.05, 4.69) is 10.3 Å². The van der Waals surface area contributed by atoms with Gasteiger partial charge >= 0.3 is 8.80 Å². The van der Waals surface area contributed by atoms with Crippen molar-refractivity contribution in [1.29, 1.82) is 0 Å². The first kappa shape index (κ1) is 22.2. The molecule has 0 saturated carbocycles. The number of hydrogen-bond donors (Lipinski definition) is 0. The van der Waals surface area contributed by atoms with Crippen LogP contribution in [0.1, 0.15) is 43.2 Å². The lowest BCUT2D eigenvalue weighted by molar-refractivity contribution is 0.0704. The van der Waals surface area contributed by atoms with Gasteiger partial charge in [0.2, 0.25) is 0 Å². The van der Waals surface area contributed by atoms with Crippen molar-refractivity contribution in [2.75, 3.05) is 19.8 Å². The number of rotatable bonds is 14. The Bertz CT molecular complexity index is 691. The van der Waals surface area contributed by atoms with E-state index in [0.717, 1.165) is 24.4 Å². The fourth-order valence-electron chi connectivity index (χ4n) is 2.77. The number of hydrogen-bond acceptors (Lipinski definition) is 7. The van der Waals surface area contributed by atoms with Crippen LogP contribution >= 0.6 is 0 Å². The molecular formula is C19H29N3O5Si. The van der Waals surface area contributed by atoms with E-state index in [1.165, 1.54) is 0 Å². The van der Waals surface area contributed by atoms with E-state index in [1.807, 2.05) is 27.0 Å². The Morgan fingerprint density at radius 3 is 2.25 bits per heavy atom. The summed E-state index contributed by atoms with van der Waals surface area (Å²) in [6.45, 7) is 8.60. The van der Waals surface area contributed by atoms with Gasteiger partial charge in [0.1, 0.15) is 24.3 Å². The van der Waals surface area contributed by atoms with Gasteiger partial charge in [0.05, 0.1) is 6.20 Å². The van der Waals surface area contributed by atoms with Crippen LogP contribution in [-0.2, 0) is 26.4 Å². The van der Waals surface area contributed by atoms with Gasteiger partial charge in [0.15, 0.2) is 0 Å². The molecule has 1 aromatic heterocycles. The number of carbonyl (C=O) groups excluding carboxylic acids is 1. The summed E-state index contributed by atoms with van der Waals surface area (Å²) >= 11 is 0. The highest BCUT2D eigenvalue weighted by Gasteiger charge is 2.39. The third kappa shape index (κ3) is 6.83. The van der Waals surface area contributed by atoms with E-state index in [4.69, 9.17) is 18.0 Å².